The number of fused-ring (bicyclic) bond motifs is 3. The van der Waals surface area contributed by atoms with E-state index in [1.807, 2.05) is 6.07 Å². The number of rotatable bonds is 7. The van der Waals surface area contributed by atoms with Gasteiger partial charge in [0, 0.05) is 11.0 Å². The summed E-state index contributed by atoms with van der Waals surface area (Å²) >= 11 is 0. The maximum atomic E-state index is 11.5. The zero-order chi connectivity index (χ0) is 21.4. The summed E-state index contributed by atoms with van der Waals surface area (Å²) in [6.45, 7) is 10.6. The van der Waals surface area contributed by atoms with Gasteiger partial charge in [-0.25, -0.2) is 0 Å². The third kappa shape index (κ3) is 4.89. The Bertz CT molecular complexity index is 1050. The average molecular weight is 414 g/mol. The monoisotopic (exact) mass is 413 g/mol. The van der Waals surface area contributed by atoms with Gasteiger partial charge in [0.15, 0.2) is 0 Å². The van der Waals surface area contributed by atoms with Gasteiger partial charge in [0.25, 0.3) is 0 Å². The van der Waals surface area contributed by atoms with E-state index in [9.17, 15) is 8.42 Å². The van der Waals surface area contributed by atoms with E-state index < -0.39 is 10.1 Å². The van der Waals surface area contributed by atoms with Gasteiger partial charge in [-0.15, -0.1) is 0 Å². The Hall–Kier alpha value is -2.14. The minimum atomic E-state index is -3.65. The Morgan fingerprint density at radius 2 is 1.72 bits per heavy atom. The fraction of sp³-hybridized carbons (Fsp3) is 0.458. The van der Waals surface area contributed by atoms with E-state index >= 15 is 0 Å². The number of nitrogens with zero attached hydrogens (tertiary/aromatic N) is 1. The molecule has 0 saturated carbocycles. The largest absolute Gasteiger partial charge is 0.325 e. The molecule has 2 aromatic carbocycles. The topological polar surface area (TPSA) is 55.7 Å². The molecule has 0 saturated heterocycles. The minimum Gasteiger partial charge on any atom is -0.268 e. The van der Waals surface area contributed by atoms with Gasteiger partial charge in [-0.1, -0.05) is 70.1 Å². The molecule has 156 valence electrons. The van der Waals surface area contributed by atoms with Crippen molar-refractivity contribution < 1.29 is 12.7 Å². The maximum Gasteiger partial charge on any atom is 0.325 e. The molecule has 0 aromatic heterocycles. The van der Waals surface area contributed by atoms with Crippen LogP contribution in [-0.2, 0) is 27.2 Å². The van der Waals surface area contributed by atoms with Crippen molar-refractivity contribution in [2.45, 2.75) is 53.9 Å². The Balaban J connectivity index is 1.99. The molecular formula is C24H31NO3S. The SMILES string of the molecule is CCC(C)(C)C(=NOS(C)(=O)=O)c1ccc2c(c1)Cc1cc(CC(C)C)ccc1-2. The van der Waals surface area contributed by atoms with E-state index in [0.717, 1.165) is 31.1 Å². The van der Waals surface area contributed by atoms with Crippen LogP contribution in [0.4, 0.5) is 0 Å². The van der Waals surface area contributed by atoms with E-state index in [-0.39, 0.29) is 5.41 Å². The van der Waals surface area contributed by atoms with Crippen LogP contribution in [0.1, 0.15) is 63.3 Å². The highest BCUT2D eigenvalue weighted by molar-refractivity contribution is 7.85. The zero-order valence-electron chi connectivity index (χ0n) is 18.2. The van der Waals surface area contributed by atoms with Crippen LogP contribution in [0.25, 0.3) is 11.1 Å². The second-order valence-electron chi connectivity index (χ2n) is 9.09. The lowest BCUT2D eigenvalue weighted by molar-refractivity contribution is 0.333. The molecule has 0 heterocycles. The molecule has 4 nitrogen and oxygen atoms in total. The van der Waals surface area contributed by atoms with Gasteiger partial charge in [0.1, 0.15) is 0 Å². The van der Waals surface area contributed by atoms with Crippen molar-refractivity contribution in [3.63, 3.8) is 0 Å². The number of benzene rings is 2. The van der Waals surface area contributed by atoms with Crippen LogP contribution in [0, 0.1) is 11.3 Å². The highest BCUT2D eigenvalue weighted by atomic mass is 32.2. The van der Waals surface area contributed by atoms with Gasteiger partial charge >= 0.3 is 10.1 Å². The van der Waals surface area contributed by atoms with Crippen molar-refractivity contribution in [3.8, 4) is 11.1 Å². The Kier molecular flexibility index (Phi) is 5.91. The molecule has 0 atom stereocenters. The molecule has 1 aliphatic rings. The number of oxime groups is 1. The lowest BCUT2D eigenvalue weighted by Crippen LogP contribution is -2.25. The predicted octanol–water partition coefficient (Wildman–Crippen LogP) is 5.57. The first-order chi connectivity index (χ1) is 13.5. The van der Waals surface area contributed by atoms with Crippen LogP contribution in [-0.4, -0.2) is 20.4 Å². The molecule has 1 aliphatic carbocycles. The van der Waals surface area contributed by atoms with Gasteiger partial charge in [-0.3, -0.25) is 4.28 Å². The van der Waals surface area contributed by atoms with Crippen LogP contribution in [0.5, 0.6) is 0 Å². The van der Waals surface area contributed by atoms with Gasteiger partial charge in [0.05, 0.1) is 12.0 Å². The molecule has 0 aliphatic heterocycles. The summed E-state index contributed by atoms with van der Waals surface area (Å²) < 4.78 is 27.8. The molecule has 0 N–H and O–H groups in total. The molecular weight excluding hydrogens is 382 g/mol. The Morgan fingerprint density at radius 1 is 1.10 bits per heavy atom. The normalized spacial score (nSPS) is 14.1. The second-order valence-corrected chi connectivity index (χ2v) is 10.7. The number of hydrogen-bond donors (Lipinski definition) is 0. The van der Waals surface area contributed by atoms with Crippen molar-refractivity contribution >= 4 is 15.8 Å². The van der Waals surface area contributed by atoms with Gasteiger partial charge in [-0.2, -0.15) is 8.42 Å². The van der Waals surface area contributed by atoms with Crippen molar-refractivity contribution in [3.05, 3.63) is 58.7 Å². The molecule has 0 bridgehead atoms. The minimum absolute atomic E-state index is 0.311. The highest BCUT2D eigenvalue weighted by Crippen LogP contribution is 2.39. The van der Waals surface area contributed by atoms with Gasteiger partial charge in [0.2, 0.25) is 0 Å². The maximum absolute atomic E-state index is 11.5. The Morgan fingerprint density at radius 3 is 2.31 bits per heavy atom. The van der Waals surface area contributed by atoms with Crippen molar-refractivity contribution in [1.82, 2.24) is 0 Å². The van der Waals surface area contributed by atoms with E-state index in [1.165, 1.54) is 27.8 Å². The molecule has 2 aromatic rings. The smallest absolute Gasteiger partial charge is 0.268 e. The highest BCUT2D eigenvalue weighted by Gasteiger charge is 2.28. The van der Waals surface area contributed by atoms with Gasteiger partial charge < -0.3 is 0 Å². The molecule has 5 heteroatoms. The first kappa shape index (κ1) is 21.6. The third-order valence-electron chi connectivity index (χ3n) is 5.65. The van der Waals surface area contributed by atoms with Crippen LogP contribution in [0.2, 0.25) is 0 Å². The Labute approximate surface area is 175 Å². The molecule has 29 heavy (non-hydrogen) atoms. The molecule has 0 amide bonds. The molecule has 0 fully saturated rings. The summed E-state index contributed by atoms with van der Waals surface area (Å²) in [7, 11) is -3.65. The van der Waals surface area contributed by atoms with Gasteiger partial charge in [-0.05, 0) is 59.1 Å². The van der Waals surface area contributed by atoms with E-state index in [2.05, 4.69) is 70.1 Å². The van der Waals surface area contributed by atoms with Crippen LogP contribution in [0.3, 0.4) is 0 Å². The predicted molar refractivity (Wildman–Crippen MR) is 120 cm³/mol. The quantitative estimate of drug-likeness (QED) is 0.376. The summed E-state index contributed by atoms with van der Waals surface area (Å²) in [5.41, 5.74) is 7.78. The summed E-state index contributed by atoms with van der Waals surface area (Å²) in [5.74, 6) is 0.633. The first-order valence-corrected chi connectivity index (χ1v) is 12.0. The fourth-order valence-corrected chi connectivity index (χ4v) is 4.06. The van der Waals surface area contributed by atoms with Crippen LogP contribution >= 0.6 is 0 Å². The molecule has 0 radical (unpaired) electrons. The standard InChI is InChI=1S/C24H31NO3S/c1-7-24(4,5)23(25-28-29(6,26)27)18-9-11-22-20(14-18)15-19-13-17(12-16(2)3)8-10-21(19)22/h8-11,13-14,16H,7,12,15H2,1-6H3. The van der Waals surface area contributed by atoms with E-state index in [1.54, 1.807) is 0 Å². The lowest BCUT2D eigenvalue weighted by Gasteiger charge is -2.25. The molecule has 0 unspecified atom stereocenters. The fourth-order valence-electron chi connectivity index (χ4n) is 3.85. The van der Waals surface area contributed by atoms with E-state index in [4.69, 9.17) is 4.28 Å². The second kappa shape index (κ2) is 7.94. The summed E-state index contributed by atoms with van der Waals surface area (Å²) in [4.78, 5) is 0. The van der Waals surface area contributed by atoms with Crippen molar-refractivity contribution in [2.24, 2.45) is 16.5 Å². The van der Waals surface area contributed by atoms with Crippen molar-refractivity contribution in [1.29, 1.82) is 0 Å². The lowest BCUT2D eigenvalue weighted by atomic mass is 9.80. The average Bonchev–Trinajstić information content (AvgIpc) is 2.97. The summed E-state index contributed by atoms with van der Waals surface area (Å²) in [5, 5.41) is 4.06. The summed E-state index contributed by atoms with van der Waals surface area (Å²) in [6.07, 6.45) is 3.80. The van der Waals surface area contributed by atoms with E-state index in [0.29, 0.717) is 11.6 Å². The van der Waals surface area contributed by atoms with Crippen LogP contribution < -0.4 is 0 Å². The molecule has 3 rings (SSSR count). The van der Waals surface area contributed by atoms with Crippen LogP contribution in [0.15, 0.2) is 41.6 Å². The summed E-state index contributed by atoms with van der Waals surface area (Å²) in [6, 6.07) is 13.1. The zero-order valence-corrected chi connectivity index (χ0v) is 19.1. The third-order valence-corrected chi connectivity index (χ3v) is 6.00. The first-order valence-electron chi connectivity index (χ1n) is 10.2. The molecule has 0 spiro atoms. The number of hydrogen-bond acceptors (Lipinski definition) is 4. The van der Waals surface area contributed by atoms with Crippen molar-refractivity contribution in [2.75, 3.05) is 6.26 Å².